The highest BCUT2D eigenvalue weighted by molar-refractivity contribution is 9.13. The van der Waals surface area contributed by atoms with Gasteiger partial charge in [0.1, 0.15) is 12.4 Å². The zero-order valence-corrected chi connectivity index (χ0v) is 22.6. The fourth-order valence-electron chi connectivity index (χ4n) is 3.03. The van der Waals surface area contributed by atoms with Gasteiger partial charge in [0.25, 0.3) is 5.56 Å². The van der Waals surface area contributed by atoms with Crippen LogP contribution in [0.25, 0.3) is 10.9 Å². The highest BCUT2D eigenvalue weighted by atomic mass is 79.9. The van der Waals surface area contributed by atoms with Crippen LogP contribution in [0.2, 0.25) is 0 Å². The number of fused-ring (bicyclic) bond motifs is 1. The van der Waals surface area contributed by atoms with Gasteiger partial charge >= 0.3 is 0 Å². The molecular formula is C23H22Br3N3O3. The van der Waals surface area contributed by atoms with E-state index in [1.54, 1.807) is 31.5 Å². The molecular weight excluding hydrogens is 606 g/mol. The second-order valence-electron chi connectivity index (χ2n) is 7.03. The maximum absolute atomic E-state index is 13.3. The quantitative estimate of drug-likeness (QED) is 0.207. The Morgan fingerprint density at radius 2 is 2.00 bits per heavy atom. The lowest BCUT2D eigenvalue weighted by molar-refractivity contribution is 0.324. The Morgan fingerprint density at radius 1 is 1.25 bits per heavy atom. The number of nitrogens with zero attached hydrogens (tertiary/aromatic N) is 3. The van der Waals surface area contributed by atoms with Crippen molar-refractivity contribution >= 4 is 64.9 Å². The van der Waals surface area contributed by atoms with Crippen molar-refractivity contribution < 1.29 is 9.47 Å². The first-order valence-electron chi connectivity index (χ1n) is 9.88. The summed E-state index contributed by atoms with van der Waals surface area (Å²) in [6.45, 7) is 8.09. The Labute approximate surface area is 211 Å². The third-order valence-corrected chi connectivity index (χ3v) is 7.56. The first-order valence-corrected chi connectivity index (χ1v) is 12.3. The minimum absolute atomic E-state index is 0.0484. The third-order valence-electron chi connectivity index (χ3n) is 4.92. The molecule has 0 aliphatic carbocycles. The lowest BCUT2D eigenvalue weighted by Crippen LogP contribution is -2.23. The van der Waals surface area contributed by atoms with Crippen molar-refractivity contribution in [2.75, 3.05) is 13.7 Å². The average Bonchev–Trinajstić information content (AvgIpc) is 2.79. The van der Waals surface area contributed by atoms with Crippen LogP contribution < -0.4 is 15.0 Å². The first-order chi connectivity index (χ1) is 15.3. The van der Waals surface area contributed by atoms with E-state index in [0.29, 0.717) is 44.9 Å². The predicted octanol–water partition coefficient (Wildman–Crippen LogP) is 6.65. The van der Waals surface area contributed by atoms with Crippen LogP contribution in [0.5, 0.6) is 11.5 Å². The number of aromatic nitrogens is 2. The maximum atomic E-state index is 13.3. The highest BCUT2D eigenvalue weighted by Crippen LogP contribution is 2.42. The van der Waals surface area contributed by atoms with Crippen LogP contribution in [0.4, 0.5) is 0 Å². The van der Waals surface area contributed by atoms with Crippen LogP contribution in [0.1, 0.15) is 37.6 Å². The van der Waals surface area contributed by atoms with E-state index >= 15 is 0 Å². The second-order valence-corrected chi connectivity index (χ2v) is 9.53. The van der Waals surface area contributed by atoms with E-state index in [1.165, 1.54) is 4.68 Å². The van der Waals surface area contributed by atoms with Gasteiger partial charge in [0, 0.05) is 20.4 Å². The molecule has 1 aromatic heterocycles. The van der Waals surface area contributed by atoms with Gasteiger partial charge in [-0.3, -0.25) is 4.79 Å². The molecule has 0 radical (unpaired) electrons. The van der Waals surface area contributed by atoms with Crippen molar-refractivity contribution in [3.05, 3.63) is 72.1 Å². The summed E-state index contributed by atoms with van der Waals surface area (Å²) in [5, 5.41) is 5.03. The van der Waals surface area contributed by atoms with Crippen LogP contribution in [0.3, 0.4) is 0 Å². The number of methoxy groups -OCH3 is 1. The molecule has 0 saturated carbocycles. The normalized spacial score (nSPS) is 12.3. The fraction of sp³-hybridized carbons (Fsp3) is 0.261. The zero-order chi connectivity index (χ0) is 23.4. The fourth-order valence-corrected chi connectivity index (χ4v) is 4.32. The molecule has 0 aliphatic rings. The molecule has 1 heterocycles. The molecule has 9 heteroatoms. The van der Waals surface area contributed by atoms with E-state index in [9.17, 15) is 4.79 Å². The van der Waals surface area contributed by atoms with Gasteiger partial charge in [0.2, 0.25) is 0 Å². The predicted molar refractivity (Wildman–Crippen MR) is 139 cm³/mol. The molecule has 0 saturated heterocycles. The van der Waals surface area contributed by atoms with Crippen molar-refractivity contribution in [1.29, 1.82) is 0 Å². The van der Waals surface area contributed by atoms with Gasteiger partial charge in [-0.05, 0) is 62.5 Å². The van der Waals surface area contributed by atoms with Crippen LogP contribution >= 0.6 is 47.8 Å². The van der Waals surface area contributed by atoms with Crippen molar-refractivity contribution in [2.24, 2.45) is 5.10 Å². The van der Waals surface area contributed by atoms with E-state index in [-0.39, 0.29) is 11.5 Å². The summed E-state index contributed by atoms with van der Waals surface area (Å²) in [7, 11) is 1.56. The van der Waals surface area contributed by atoms with Crippen LogP contribution in [-0.2, 0) is 0 Å². The molecule has 2 aromatic carbocycles. The maximum Gasteiger partial charge on any atom is 0.282 e. The first kappa shape index (κ1) is 24.7. The molecule has 0 spiro atoms. The minimum Gasteiger partial charge on any atom is -0.493 e. The zero-order valence-electron chi connectivity index (χ0n) is 17.9. The third kappa shape index (κ3) is 5.00. The van der Waals surface area contributed by atoms with Gasteiger partial charge in [0.15, 0.2) is 11.5 Å². The molecule has 0 aliphatic heterocycles. The molecule has 0 amide bonds. The van der Waals surface area contributed by atoms with Gasteiger partial charge in [0.05, 0.1) is 28.7 Å². The largest absolute Gasteiger partial charge is 0.493 e. The van der Waals surface area contributed by atoms with Crippen molar-refractivity contribution in [1.82, 2.24) is 9.66 Å². The Morgan fingerprint density at radius 3 is 2.66 bits per heavy atom. The van der Waals surface area contributed by atoms with Gasteiger partial charge in [-0.1, -0.05) is 42.4 Å². The van der Waals surface area contributed by atoms with E-state index in [0.717, 1.165) is 15.4 Å². The molecule has 3 aromatic rings. The second kappa shape index (κ2) is 10.8. The van der Waals surface area contributed by atoms with Crippen molar-refractivity contribution in [3.63, 3.8) is 0 Å². The summed E-state index contributed by atoms with van der Waals surface area (Å²) in [4.78, 5) is 18.0. The van der Waals surface area contributed by atoms with E-state index in [1.807, 2.05) is 19.1 Å². The molecule has 3 rings (SSSR count). The van der Waals surface area contributed by atoms with Crippen molar-refractivity contribution in [2.45, 2.75) is 26.2 Å². The summed E-state index contributed by atoms with van der Waals surface area (Å²) in [5.41, 5.74) is 1.13. The number of halogens is 3. The van der Waals surface area contributed by atoms with E-state index in [2.05, 4.69) is 66.4 Å². The summed E-state index contributed by atoms with van der Waals surface area (Å²) in [6.07, 6.45) is 4.08. The number of hydrogen-bond donors (Lipinski definition) is 0. The lowest BCUT2D eigenvalue weighted by atomic mass is 10.1. The van der Waals surface area contributed by atoms with E-state index in [4.69, 9.17) is 14.5 Å². The minimum atomic E-state index is -0.226. The topological polar surface area (TPSA) is 65.7 Å². The molecule has 32 heavy (non-hydrogen) atoms. The Bertz CT molecular complexity index is 1250. The van der Waals surface area contributed by atoms with Gasteiger partial charge in [-0.25, -0.2) is 4.98 Å². The number of ether oxygens (including phenoxy) is 2. The van der Waals surface area contributed by atoms with Gasteiger partial charge < -0.3 is 9.47 Å². The van der Waals surface area contributed by atoms with Gasteiger partial charge in [-0.2, -0.15) is 9.78 Å². The van der Waals surface area contributed by atoms with E-state index < -0.39 is 0 Å². The summed E-state index contributed by atoms with van der Waals surface area (Å²) < 4.78 is 14.8. The Kier molecular flexibility index (Phi) is 8.30. The molecule has 0 fully saturated rings. The summed E-state index contributed by atoms with van der Waals surface area (Å²) >= 11 is 10.6. The molecule has 0 bridgehead atoms. The summed E-state index contributed by atoms with van der Waals surface area (Å²) in [6, 6.07) is 7.26. The Hall–Kier alpha value is -1.97. The average molecular weight is 628 g/mol. The molecule has 1 atom stereocenters. The smallest absolute Gasteiger partial charge is 0.282 e. The van der Waals surface area contributed by atoms with Crippen LogP contribution in [-0.4, -0.2) is 29.6 Å². The lowest BCUT2D eigenvalue weighted by Gasteiger charge is -2.15. The monoisotopic (exact) mass is 625 g/mol. The van der Waals surface area contributed by atoms with Crippen LogP contribution in [0.15, 0.2) is 60.2 Å². The summed E-state index contributed by atoms with van der Waals surface area (Å²) in [5.74, 6) is 1.73. The molecule has 6 nitrogen and oxygen atoms in total. The van der Waals surface area contributed by atoms with Crippen molar-refractivity contribution in [3.8, 4) is 11.5 Å². The standard InChI is InChI=1S/C23H22Br3N3O3/c1-5-9-32-21-18(31-4)10-14(19(25)20(21)26)12-27-29-22(13(3)6-2)28-17-8-7-15(24)11-16(17)23(29)30/h5,7-8,10-13H,1,6,9H2,2-4H3/t13-/m1/s1. The number of hydrogen-bond acceptors (Lipinski definition) is 5. The SMILES string of the molecule is C=CCOc1c(OC)cc(C=Nn2c([C@H](C)CC)nc3ccc(Br)cc3c2=O)c(Br)c1Br. The number of benzene rings is 2. The molecule has 0 unspecified atom stereocenters. The Balaban J connectivity index is 2.17. The molecule has 0 N–H and O–H groups in total. The van der Waals surface area contributed by atoms with Crippen LogP contribution in [0, 0.1) is 0 Å². The highest BCUT2D eigenvalue weighted by Gasteiger charge is 2.18. The van der Waals surface area contributed by atoms with Gasteiger partial charge in [-0.15, -0.1) is 0 Å². The number of rotatable bonds is 8. The molecule has 168 valence electrons.